The summed E-state index contributed by atoms with van der Waals surface area (Å²) in [5.74, 6) is 1.80. The summed E-state index contributed by atoms with van der Waals surface area (Å²) in [5.41, 5.74) is 3.97. The Morgan fingerprint density at radius 3 is 2.60 bits per heavy atom. The van der Waals surface area contributed by atoms with E-state index in [4.69, 9.17) is 16.6 Å². The lowest BCUT2D eigenvalue weighted by molar-refractivity contribution is 0.585. The molecule has 0 atom stereocenters. The lowest BCUT2D eigenvalue weighted by Gasteiger charge is -2.28. The molecule has 0 spiro atoms. The highest BCUT2D eigenvalue weighted by Crippen LogP contribution is 2.30. The van der Waals surface area contributed by atoms with Crippen molar-refractivity contribution in [3.05, 3.63) is 77.9 Å². The van der Waals surface area contributed by atoms with Crippen LogP contribution in [0.5, 0.6) is 0 Å². The van der Waals surface area contributed by atoms with Gasteiger partial charge >= 0.3 is 0 Å². The number of hydrogen-bond acceptors (Lipinski definition) is 5. The van der Waals surface area contributed by atoms with Gasteiger partial charge in [-0.1, -0.05) is 41.9 Å². The molecule has 0 radical (unpaired) electrons. The Kier molecular flexibility index (Phi) is 5.22. The van der Waals surface area contributed by atoms with Crippen LogP contribution < -0.4 is 15.5 Å². The van der Waals surface area contributed by atoms with Gasteiger partial charge in [0, 0.05) is 42.2 Å². The summed E-state index contributed by atoms with van der Waals surface area (Å²) < 4.78 is 0. The molecule has 5 nitrogen and oxygen atoms in total. The van der Waals surface area contributed by atoms with E-state index in [1.54, 1.807) is 0 Å². The number of benzene rings is 2. The maximum Gasteiger partial charge on any atom is 0.131 e. The zero-order chi connectivity index (χ0) is 20.3. The van der Waals surface area contributed by atoms with E-state index in [-0.39, 0.29) is 0 Å². The third kappa shape index (κ3) is 3.95. The second-order valence-electron chi connectivity index (χ2n) is 7.35. The number of halogens is 1. The second kappa shape index (κ2) is 8.30. The number of pyridine rings is 2. The molecule has 0 aliphatic carbocycles. The largest absolute Gasteiger partial charge is 0.354 e. The van der Waals surface area contributed by atoms with Crippen LogP contribution in [-0.2, 0) is 0 Å². The van der Waals surface area contributed by atoms with E-state index in [9.17, 15) is 0 Å². The Hall–Kier alpha value is -3.15. The molecule has 3 heterocycles. The minimum absolute atomic E-state index is 0.717. The van der Waals surface area contributed by atoms with Crippen molar-refractivity contribution in [3.8, 4) is 11.1 Å². The summed E-state index contributed by atoms with van der Waals surface area (Å²) in [6.45, 7) is 3.96. The number of nitrogens with one attached hydrogen (secondary N) is 2. The van der Waals surface area contributed by atoms with Crippen molar-refractivity contribution in [2.45, 2.75) is 0 Å². The highest BCUT2D eigenvalue weighted by atomic mass is 35.5. The van der Waals surface area contributed by atoms with Crippen LogP contribution in [0.3, 0.4) is 0 Å². The Labute approximate surface area is 180 Å². The van der Waals surface area contributed by atoms with E-state index >= 15 is 0 Å². The molecule has 0 amide bonds. The Bertz CT molecular complexity index is 1170. The van der Waals surface area contributed by atoms with Gasteiger partial charge in [0.1, 0.15) is 11.6 Å². The fraction of sp³-hybridized carbons (Fsp3) is 0.167. The molecule has 0 unspecified atom stereocenters. The maximum absolute atomic E-state index is 6.21. The molecule has 1 saturated heterocycles. The molecular formula is C24H22ClN5. The molecule has 0 saturated carbocycles. The standard InChI is InChI=1S/C24H22ClN5/c25-19-5-1-4-18(15-19)21-6-2-3-17-7-9-22(29-24(17)21)28-20-8-10-23(27-16-20)30-13-11-26-12-14-30/h1-10,15-16,26H,11-14H2,(H,28,29). The third-order valence-corrected chi connectivity index (χ3v) is 5.55. The summed E-state index contributed by atoms with van der Waals surface area (Å²) in [6.07, 6.45) is 1.87. The van der Waals surface area contributed by atoms with Gasteiger partial charge in [-0.25, -0.2) is 9.97 Å². The molecule has 2 N–H and O–H groups in total. The van der Waals surface area contributed by atoms with Gasteiger partial charge in [0.05, 0.1) is 17.4 Å². The third-order valence-electron chi connectivity index (χ3n) is 5.32. The van der Waals surface area contributed by atoms with E-state index in [2.05, 4.69) is 56.9 Å². The van der Waals surface area contributed by atoms with Crippen molar-refractivity contribution in [3.63, 3.8) is 0 Å². The Morgan fingerprint density at radius 2 is 1.80 bits per heavy atom. The first-order valence-electron chi connectivity index (χ1n) is 10.1. The van der Waals surface area contributed by atoms with E-state index in [1.807, 2.05) is 36.5 Å². The van der Waals surface area contributed by atoms with Gasteiger partial charge in [-0.15, -0.1) is 0 Å². The van der Waals surface area contributed by atoms with Crippen LogP contribution in [0, 0.1) is 0 Å². The minimum atomic E-state index is 0.717. The smallest absolute Gasteiger partial charge is 0.131 e. The molecule has 6 heteroatoms. The summed E-state index contributed by atoms with van der Waals surface area (Å²) in [7, 11) is 0. The second-order valence-corrected chi connectivity index (χ2v) is 7.79. The minimum Gasteiger partial charge on any atom is -0.354 e. The van der Waals surface area contributed by atoms with Crippen LogP contribution in [0.15, 0.2) is 72.9 Å². The fourth-order valence-corrected chi connectivity index (χ4v) is 3.98. The fourth-order valence-electron chi connectivity index (χ4n) is 3.79. The van der Waals surface area contributed by atoms with Gasteiger partial charge in [0.25, 0.3) is 0 Å². The summed E-state index contributed by atoms with van der Waals surface area (Å²) in [6, 6.07) is 22.3. The molecule has 5 rings (SSSR count). The van der Waals surface area contributed by atoms with E-state index in [0.717, 1.165) is 70.6 Å². The lowest BCUT2D eigenvalue weighted by Crippen LogP contribution is -2.43. The molecule has 1 aliphatic rings. The topological polar surface area (TPSA) is 53.1 Å². The monoisotopic (exact) mass is 415 g/mol. The van der Waals surface area contributed by atoms with Gasteiger partial charge in [-0.05, 0) is 42.0 Å². The maximum atomic E-state index is 6.21. The zero-order valence-corrected chi connectivity index (χ0v) is 17.2. The molecule has 2 aromatic heterocycles. The quantitative estimate of drug-likeness (QED) is 0.485. The SMILES string of the molecule is Clc1cccc(-c2cccc3ccc(Nc4ccc(N5CCNCC5)nc4)nc23)c1. The number of aromatic nitrogens is 2. The number of anilines is 3. The van der Waals surface area contributed by atoms with Crippen molar-refractivity contribution in [2.24, 2.45) is 0 Å². The van der Waals surface area contributed by atoms with Crippen molar-refractivity contribution >= 4 is 39.8 Å². The van der Waals surface area contributed by atoms with Gasteiger partial charge in [-0.3, -0.25) is 0 Å². The van der Waals surface area contributed by atoms with Crippen molar-refractivity contribution in [2.75, 3.05) is 36.4 Å². The number of piperazine rings is 1. The van der Waals surface area contributed by atoms with Crippen LogP contribution >= 0.6 is 11.6 Å². The molecule has 0 bridgehead atoms. The zero-order valence-electron chi connectivity index (χ0n) is 16.5. The highest BCUT2D eigenvalue weighted by molar-refractivity contribution is 6.30. The van der Waals surface area contributed by atoms with Crippen LogP contribution in [0.1, 0.15) is 0 Å². The van der Waals surface area contributed by atoms with Gasteiger partial charge in [0.2, 0.25) is 0 Å². The summed E-state index contributed by atoms with van der Waals surface area (Å²) in [5, 5.41) is 8.56. The molecule has 1 aliphatic heterocycles. The lowest BCUT2D eigenvalue weighted by atomic mass is 10.0. The normalized spacial score (nSPS) is 14.1. The first-order valence-corrected chi connectivity index (χ1v) is 10.5. The first-order chi connectivity index (χ1) is 14.8. The number of para-hydroxylation sites is 1. The van der Waals surface area contributed by atoms with Gasteiger partial charge in [-0.2, -0.15) is 0 Å². The molecule has 150 valence electrons. The Balaban J connectivity index is 1.43. The first kappa shape index (κ1) is 18.9. The van der Waals surface area contributed by atoms with Crippen molar-refractivity contribution < 1.29 is 0 Å². The van der Waals surface area contributed by atoms with Gasteiger partial charge in [0.15, 0.2) is 0 Å². The highest BCUT2D eigenvalue weighted by Gasteiger charge is 2.12. The number of nitrogens with zero attached hydrogens (tertiary/aromatic N) is 3. The van der Waals surface area contributed by atoms with Crippen molar-refractivity contribution in [1.82, 2.24) is 15.3 Å². The summed E-state index contributed by atoms with van der Waals surface area (Å²) >= 11 is 6.21. The molecule has 30 heavy (non-hydrogen) atoms. The molecule has 2 aromatic carbocycles. The van der Waals surface area contributed by atoms with E-state index in [0.29, 0.717) is 0 Å². The van der Waals surface area contributed by atoms with Crippen LogP contribution in [0.4, 0.5) is 17.3 Å². The van der Waals surface area contributed by atoms with Crippen LogP contribution in [-0.4, -0.2) is 36.1 Å². The number of hydrogen-bond donors (Lipinski definition) is 2. The predicted octanol–water partition coefficient (Wildman–Crippen LogP) is 5.10. The van der Waals surface area contributed by atoms with Crippen LogP contribution in [0.25, 0.3) is 22.0 Å². The average molecular weight is 416 g/mol. The Morgan fingerprint density at radius 1 is 0.933 bits per heavy atom. The van der Waals surface area contributed by atoms with Crippen molar-refractivity contribution in [1.29, 1.82) is 0 Å². The summed E-state index contributed by atoms with van der Waals surface area (Å²) in [4.78, 5) is 11.8. The molecular weight excluding hydrogens is 394 g/mol. The van der Waals surface area contributed by atoms with Gasteiger partial charge < -0.3 is 15.5 Å². The predicted molar refractivity (Wildman–Crippen MR) is 125 cm³/mol. The van der Waals surface area contributed by atoms with Crippen LogP contribution in [0.2, 0.25) is 5.02 Å². The van der Waals surface area contributed by atoms with E-state index < -0.39 is 0 Å². The average Bonchev–Trinajstić information content (AvgIpc) is 2.80. The number of rotatable bonds is 4. The number of fused-ring (bicyclic) bond motifs is 1. The van der Waals surface area contributed by atoms with E-state index in [1.165, 1.54) is 0 Å². The molecule has 4 aromatic rings. The molecule has 1 fully saturated rings.